The number of hydrogen-bond acceptors (Lipinski definition) is 2. The molecule has 0 saturated heterocycles. The van der Waals surface area contributed by atoms with Gasteiger partial charge in [-0.05, 0) is 54.2 Å². The predicted octanol–water partition coefficient (Wildman–Crippen LogP) is 4.81. The Morgan fingerprint density at radius 3 is 2.61 bits per heavy atom. The Morgan fingerprint density at radius 1 is 1.26 bits per heavy atom. The molecular weight excluding hydrogens is 427 g/mol. The van der Waals surface area contributed by atoms with E-state index < -0.39 is 6.04 Å². The summed E-state index contributed by atoms with van der Waals surface area (Å²) >= 11 is 6.79. The number of hydrogen-bond donors (Lipinski definition) is 1. The van der Waals surface area contributed by atoms with Crippen LogP contribution in [-0.4, -0.2) is 23.9 Å². The van der Waals surface area contributed by atoms with Crippen molar-refractivity contribution in [3.8, 4) is 0 Å². The smallest absolute Gasteiger partial charge is 0.241 e. The lowest BCUT2D eigenvalue weighted by atomic mass is 10.1. The molecule has 3 nitrogen and oxygen atoms in total. The van der Waals surface area contributed by atoms with E-state index in [1.807, 2.05) is 18.2 Å². The fourth-order valence-corrected chi connectivity index (χ4v) is 3.21. The van der Waals surface area contributed by atoms with Crippen molar-refractivity contribution in [2.75, 3.05) is 12.4 Å². The second-order valence-corrected chi connectivity index (χ2v) is 7.07. The zero-order valence-corrected chi connectivity index (χ0v) is 16.0. The van der Waals surface area contributed by atoms with Crippen LogP contribution in [0.3, 0.4) is 0 Å². The average molecular weight is 444 g/mol. The SMILES string of the molecule is CC(C(=O)Nc1ccc(Br)cc1Br)N(C)Cc1ccccc1F. The van der Waals surface area contributed by atoms with Gasteiger partial charge in [0.25, 0.3) is 0 Å². The number of amides is 1. The van der Waals surface area contributed by atoms with Gasteiger partial charge in [0.2, 0.25) is 5.91 Å². The van der Waals surface area contributed by atoms with Crippen molar-refractivity contribution < 1.29 is 9.18 Å². The molecule has 23 heavy (non-hydrogen) atoms. The third-order valence-corrected chi connectivity index (χ3v) is 4.76. The number of nitrogens with zero attached hydrogens (tertiary/aromatic N) is 1. The molecule has 0 aromatic heterocycles. The van der Waals surface area contributed by atoms with Crippen molar-refractivity contribution in [2.24, 2.45) is 0 Å². The number of anilines is 1. The molecule has 1 atom stereocenters. The highest BCUT2D eigenvalue weighted by atomic mass is 79.9. The first-order chi connectivity index (χ1) is 10.9. The molecule has 2 rings (SSSR count). The first-order valence-electron chi connectivity index (χ1n) is 7.08. The number of benzene rings is 2. The van der Waals surface area contributed by atoms with E-state index in [1.165, 1.54) is 6.07 Å². The molecule has 2 aromatic rings. The second kappa shape index (κ2) is 8.04. The molecule has 0 heterocycles. The molecule has 0 spiro atoms. The van der Waals surface area contributed by atoms with E-state index in [0.29, 0.717) is 17.8 Å². The molecule has 0 aliphatic carbocycles. The molecule has 1 N–H and O–H groups in total. The van der Waals surface area contributed by atoms with E-state index in [2.05, 4.69) is 37.2 Å². The van der Waals surface area contributed by atoms with Crippen LogP contribution in [0.1, 0.15) is 12.5 Å². The molecule has 0 aliphatic rings. The van der Waals surface area contributed by atoms with Crippen molar-refractivity contribution in [3.63, 3.8) is 0 Å². The minimum atomic E-state index is -0.398. The van der Waals surface area contributed by atoms with Crippen molar-refractivity contribution >= 4 is 43.5 Å². The molecule has 0 saturated carbocycles. The summed E-state index contributed by atoms with van der Waals surface area (Å²) in [7, 11) is 1.80. The molecule has 0 bridgehead atoms. The van der Waals surface area contributed by atoms with E-state index in [4.69, 9.17) is 0 Å². The van der Waals surface area contributed by atoms with Gasteiger partial charge in [0.05, 0.1) is 11.7 Å². The van der Waals surface area contributed by atoms with Gasteiger partial charge in [-0.25, -0.2) is 4.39 Å². The maximum atomic E-state index is 13.7. The van der Waals surface area contributed by atoms with E-state index in [1.54, 1.807) is 37.1 Å². The molecule has 6 heteroatoms. The molecule has 0 radical (unpaired) electrons. The van der Waals surface area contributed by atoms with Crippen LogP contribution in [-0.2, 0) is 11.3 Å². The summed E-state index contributed by atoms with van der Waals surface area (Å²) < 4.78 is 15.4. The normalized spacial score (nSPS) is 12.3. The summed E-state index contributed by atoms with van der Waals surface area (Å²) in [6, 6.07) is 11.7. The minimum absolute atomic E-state index is 0.146. The third-order valence-electron chi connectivity index (χ3n) is 3.61. The fraction of sp³-hybridized carbons (Fsp3) is 0.235. The lowest BCUT2D eigenvalue weighted by molar-refractivity contribution is -0.120. The zero-order valence-electron chi connectivity index (χ0n) is 12.8. The lowest BCUT2D eigenvalue weighted by Gasteiger charge is -2.24. The topological polar surface area (TPSA) is 32.3 Å². The number of nitrogens with one attached hydrogen (secondary N) is 1. The maximum Gasteiger partial charge on any atom is 0.241 e. The Balaban J connectivity index is 2.02. The Bertz CT molecular complexity index is 709. The van der Waals surface area contributed by atoms with Gasteiger partial charge >= 0.3 is 0 Å². The van der Waals surface area contributed by atoms with Gasteiger partial charge in [-0.2, -0.15) is 0 Å². The number of likely N-dealkylation sites (N-methyl/N-ethyl adjacent to an activating group) is 1. The Morgan fingerprint density at radius 2 is 1.96 bits per heavy atom. The van der Waals surface area contributed by atoms with E-state index in [9.17, 15) is 9.18 Å². The summed E-state index contributed by atoms with van der Waals surface area (Å²) in [4.78, 5) is 14.2. The largest absolute Gasteiger partial charge is 0.324 e. The van der Waals surface area contributed by atoms with Crippen molar-refractivity contribution in [2.45, 2.75) is 19.5 Å². The van der Waals surface area contributed by atoms with Crippen LogP contribution in [0.5, 0.6) is 0 Å². The van der Waals surface area contributed by atoms with Crippen molar-refractivity contribution in [1.29, 1.82) is 0 Å². The molecule has 1 amide bonds. The quantitative estimate of drug-likeness (QED) is 0.719. The van der Waals surface area contributed by atoms with Gasteiger partial charge in [-0.3, -0.25) is 9.69 Å². The predicted molar refractivity (Wildman–Crippen MR) is 97.8 cm³/mol. The Kier molecular flexibility index (Phi) is 6.33. The number of carbonyl (C=O) groups is 1. The summed E-state index contributed by atoms with van der Waals surface area (Å²) in [6.07, 6.45) is 0. The van der Waals surface area contributed by atoms with E-state index in [-0.39, 0.29) is 11.7 Å². The summed E-state index contributed by atoms with van der Waals surface area (Å²) in [5.41, 5.74) is 1.27. The third kappa shape index (κ3) is 4.86. The number of carbonyl (C=O) groups excluding carboxylic acids is 1. The van der Waals surface area contributed by atoms with Crippen LogP contribution in [0.25, 0.3) is 0 Å². The van der Waals surface area contributed by atoms with Gasteiger partial charge in [-0.15, -0.1) is 0 Å². The molecular formula is C17H17Br2FN2O. The number of rotatable bonds is 5. The highest BCUT2D eigenvalue weighted by Gasteiger charge is 2.20. The molecule has 0 aliphatic heterocycles. The lowest BCUT2D eigenvalue weighted by Crippen LogP contribution is -2.39. The monoisotopic (exact) mass is 442 g/mol. The van der Waals surface area contributed by atoms with Crippen LogP contribution in [0.2, 0.25) is 0 Å². The van der Waals surface area contributed by atoms with Gasteiger partial charge < -0.3 is 5.32 Å². The highest BCUT2D eigenvalue weighted by Crippen LogP contribution is 2.26. The van der Waals surface area contributed by atoms with Gasteiger partial charge in [0.1, 0.15) is 5.82 Å². The first kappa shape index (κ1) is 18.1. The zero-order chi connectivity index (χ0) is 17.0. The Hall–Kier alpha value is -1.24. The average Bonchev–Trinajstić information content (AvgIpc) is 2.51. The Labute approximate surface area is 152 Å². The van der Waals surface area contributed by atoms with Gasteiger partial charge in [0.15, 0.2) is 0 Å². The minimum Gasteiger partial charge on any atom is -0.324 e. The molecule has 2 aromatic carbocycles. The standard InChI is InChI=1S/C17H17Br2FN2O/c1-11(22(2)10-12-5-3-4-6-15(12)20)17(23)21-16-8-7-13(18)9-14(16)19/h3-9,11H,10H2,1-2H3,(H,21,23). The maximum absolute atomic E-state index is 13.7. The van der Waals surface area contributed by atoms with Gasteiger partial charge in [0, 0.05) is 21.1 Å². The van der Waals surface area contributed by atoms with Crippen LogP contribution in [0.4, 0.5) is 10.1 Å². The summed E-state index contributed by atoms with van der Waals surface area (Å²) in [6.45, 7) is 2.16. The first-order valence-corrected chi connectivity index (χ1v) is 8.66. The molecule has 1 unspecified atom stereocenters. The highest BCUT2D eigenvalue weighted by molar-refractivity contribution is 9.11. The molecule has 0 fully saturated rings. The van der Waals surface area contributed by atoms with Crippen LogP contribution < -0.4 is 5.32 Å². The number of halogens is 3. The van der Waals surface area contributed by atoms with E-state index in [0.717, 1.165) is 8.95 Å². The van der Waals surface area contributed by atoms with Crippen LogP contribution in [0, 0.1) is 5.82 Å². The summed E-state index contributed by atoms with van der Waals surface area (Å²) in [5, 5.41) is 2.88. The molecule has 122 valence electrons. The van der Waals surface area contributed by atoms with Crippen molar-refractivity contribution in [3.05, 3.63) is 62.8 Å². The van der Waals surface area contributed by atoms with Gasteiger partial charge in [-0.1, -0.05) is 34.1 Å². The summed E-state index contributed by atoms with van der Waals surface area (Å²) in [5.74, 6) is -0.408. The van der Waals surface area contributed by atoms with E-state index >= 15 is 0 Å². The fourth-order valence-electron chi connectivity index (χ4n) is 2.06. The van der Waals surface area contributed by atoms with Crippen LogP contribution >= 0.6 is 31.9 Å². The van der Waals surface area contributed by atoms with Crippen molar-refractivity contribution in [1.82, 2.24) is 4.90 Å². The second-order valence-electron chi connectivity index (χ2n) is 5.30. The van der Waals surface area contributed by atoms with Crippen LogP contribution in [0.15, 0.2) is 51.4 Å².